The van der Waals surface area contributed by atoms with Gasteiger partial charge in [0.25, 0.3) is 5.91 Å². The molecule has 0 saturated carbocycles. The summed E-state index contributed by atoms with van der Waals surface area (Å²) in [5.74, 6) is -0.584. The number of hydrogen-bond acceptors (Lipinski definition) is 6. The first-order chi connectivity index (χ1) is 14.2. The van der Waals surface area contributed by atoms with Crippen molar-refractivity contribution in [3.05, 3.63) is 59.7 Å². The Morgan fingerprint density at radius 2 is 1.90 bits per heavy atom. The number of carbonyl (C=O) groups is 2. The predicted molar refractivity (Wildman–Crippen MR) is 113 cm³/mol. The highest BCUT2D eigenvalue weighted by Gasteiger charge is 2.13. The molecule has 0 unspecified atom stereocenters. The van der Waals surface area contributed by atoms with Gasteiger partial charge < -0.3 is 15.4 Å². The molecule has 2 N–H and O–H groups in total. The Balaban J connectivity index is 1.34. The topological polar surface area (TPSA) is 83.6 Å². The summed E-state index contributed by atoms with van der Waals surface area (Å²) >= 11 is 1.43. The number of rotatable bonds is 6. The number of hydrogen-bond donors (Lipinski definition) is 2. The molecule has 150 valence electrons. The lowest BCUT2D eigenvalue weighted by atomic mass is 10.2. The molecular weight excluding hydrogens is 388 g/mol. The lowest BCUT2D eigenvalue weighted by Gasteiger charge is -2.26. The molecule has 1 aliphatic heterocycles. The number of amides is 2. The third-order valence-electron chi connectivity index (χ3n) is 4.65. The van der Waals surface area contributed by atoms with Gasteiger partial charge in [0.1, 0.15) is 0 Å². The highest BCUT2D eigenvalue weighted by Crippen LogP contribution is 2.27. The number of anilines is 1. The molecule has 2 heterocycles. The van der Waals surface area contributed by atoms with Crippen LogP contribution in [0.15, 0.2) is 48.5 Å². The Hall–Kier alpha value is -2.81. The number of aromatic nitrogens is 1. The summed E-state index contributed by atoms with van der Waals surface area (Å²) in [6, 6.07) is 15.0. The molecule has 29 heavy (non-hydrogen) atoms. The third-order valence-corrected chi connectivity index (χ3v) is 5.59. The summed E-state index contributed by atoms with van der Waals surface area (Å²) in [4.78, 5) is 31.0. The largest absolute Gasteiger partial charge is 0.379 e. The Labute approximate surface area is 172 Å². The summed E-state index contributed by atoms with van der Waals surface area (Å²) in [5.41, 5.74) is 2.59. The fraction of sp³-hybridized carbons (Fsp3) is 0.286. The van der Waals surface area contributed by atoms with Gasteiger partial charge in [-0.25, -0.2) is 4.98 Å². The number of thiazole rings is 1. The molecule has 0 radical (unpaired) electrons. The van der Waals surface area contributed by atoms with Gasteiger partial charge in [-0.15, -0.1) is 0 Å². The number of carbonyl (C=O) groups excluding carboxylic acids is 2. The smallest absolute Gasteiger partial charge is 0.251 e. The second kappa shape index (κ2) is 9.13. The second-order valence-corrected chi connectivity index (χ2v) is 7.84. The van der Waals surface area contributed by atoms with Gasteiger partial charge in [0.2, 0.25) is 5.91 Å². The normalized spacial score (nSPS) is 14.6. The van der Waals surface area contributed by atoms with Crippen molar-refractivity contribution in [2.45, 2.75) is 6.54 Å². The molecule has 1 aliphatic rings. The van der Waals surface area contributed by atoms with Crippen LogP contribution >= 0.6 is 11.3 Å². The maximum Gasteiger partial charge on any atom is 0.251 e. The number of benzene rings is 2. The molecule has 8 heteroatoms. The zero-order valence-corrected chi connectivity index (χ0v) is 16.7. The van der Waals surface area contributed by atoms with E-state index in [0.29, 0.717) is 10.7 Å². The van der Waals surface area contributed by atoms with Crippen molar-refractivity contribution in [2.75, 3.05) is 38.2 Å². The van der Waals surface area contributed by atoms with Crippen LogP contribution in [0, 0.1) is 0 Å². The van der Waals surface area contributed by atoms with E-state index in [1.807, 2.05) is 12.1 Å². The van der Waals surface area contributed by atoms with E-state index in [4.69, 9.17) is 4.74 Å². The van der Waals surface area contributed by atoms with Crippen molar-refractivity contribution >= 4 is 38.5 Å². The van der Waals surface area contributed by atoms with Crippen molar-refractivity contribution in [1.82, 2.24) is 15.2 Å². The quantitative estimate of drug-likeness (QED) is 0.652. The van der Waals surface area contributed by atoms with Crippen molar-refractivity contribution in [3.8, 4) is 0 Å². The van der Waals surface area contributed by atoms with Crippen LogP contribution in [0.3, 0.4) is 0 Å². The average Bonchev–Trinajstić information content (AvgIpc) is 3.15. The van der Waals surface area contributed by atoms with Gasteiger partial charge in [-0.2, -0.15) is 0 Å². The molecular formula is C21H22N4O3S. The van der Waals surface area contributed by atoms with Gasteiger partial charge in [0.05, 0.1) is 30.0 Å². The fourth-order valence-electron chi connectivity index (χ4n) is 3.15. The third kappa shape index (κ3) is 5.17. The molecule has 7 nitrogen and oxygen atoms in total. The minimum Gasteiger partial charge on any atom is -0.379 e. The van der Waals surface area contributed by atoms with Gasteiger partial charge in [-0.1, -0.05) is 35.6 Å². The van der Waals surface area contributed by atoms with E-state index in [1.54, 1.807) is 24.3 Å². The molecule has 1 saturated heterocycles. The molecule has 2 amide bonds. The summed E-state index contributed by atoms with van der Waals surface area (Å²) < 4.78 is 6.42. The molecule has 1 aromatic heterocycles. The maximum atomic E-state index is 12.2. The summed E-state index contributed by atoms with van der Waals surface area (Å²) in [5, 5.41) is 5.91. The number of nitrogens with one attached hydrogen (secondary N) is 2. The highest BCUT2D eigenvalue weighted by molar-refractivity contribution is 7.22. The molecule has 0 bridgehead atoms. The Kier molecular flexibility index (Phi) is 6.14. The molecule has 0 aliphatic carbocycles. The zero-order chi connectivity index (χ0) is 20.1. The molecule has 1 fully saturated rings. The van der Waals surface area contributed by atoms with Crippen LogP contribution in [-0.2, 0) is 16.1 Å². The minimum absolute atomic E-state index is 0.105. The van der Waals surface area contributed by atoms with E-state index in [0.717, 1.165) is 43.1 Å². The van der Waals surface area contributed by atoms with Gasteiger partial charge >= 0.3 is 0 Å². The first kappa shape index (κ1) is 19.5. The van der Waals surface area contributed by atoms with Crippen LogP contribution in [0.1, 0.15) is 15.9 Å². The van der Waals surface area contributed by atoms with E-state index < -0.39 is 0 Å². The first-order valence-corrected chi connectivity index (χ1v) is 10.3. The van der Waals surface area contributed by atoms with Crippen molar-refractivity contribution < 1.29 is 14.3 Å². The Bertz CT molecular complexity index is 1000. The van der Waals surface area contributed by atoms with E-state index in [-0.39, 0.29) is 18.4 Å². The summed E-state index contributed by atoms with van der Waals surface area (Å²) in [6.07, 6.45) is 0. The molecule has 3 aromatic rings. The van der Waals surface area contributed by atoms with Crippen molar-refractivity contribution in [2.24, 2.45) is 0 Å². The van der Waals surface area contributed by atoms with Gasteiger partial charge in [-0.3, -0.25) is 14.5 Å². The van der Waals surface area contributed by atoms with Crippen molar-refractivity contribution in [1.29, 1.82) is 0 Å². The van der Waals surface area contributed by atoms with Crippen LogP contribution < -0.4 is 10.6 Å². The van der Waals surface area contributed by atoms with Crippen LogP contribution in [0.5, 0.6) is 0 Å². The van der Waals surface area contributed by atoms with Crippen LogP contribution in [0.4, 0.5) is 5.13 Å². The Morgan fingerprint density at radius 3 is 2.69 bits per heavy atom. The average molecular weight is 410 g/mol. The summed E-state index contributed by atoms with van der Waals surface area (Å²) in [6.45, 7) is 4.21. The lowest BCUT2D eigenvalue weighted by molar-refractivity contribution is -0.115. The van der Waals surface area contributed by atoms with Crippen LogP contribution in [0.2, 0.25) is 0 Å². The highest BCUT2D eigenvalue weighted by atomic mass is 32.1. The van der Waals surface area contributed by atoms with E-state index in [1.165, 1.54) is 16.9 Å². The first-order valence-electron chi connectivity index (χ1n) is 9.50. The van der Waals surface area contributed by atoms with Gasteiger partial charge in [0, 0.05) is 25.2 Å². The molecule has 0 atom stereocenters. The minimum atomic E-state index is -0.304. The summed E-state index contributed by atoms with van der Waals surface area (Å²) in [7, 11) is 0. The van der Waals surface area contributed by atoms with E-state index in [9.17, 15) is 9.59 Å². The second-order valence-electron chi connectivity index (χ2n) is 6.81. The van der Waals surface area contributed by atoms with E-state index in [2.05, 4.69) is 32.7 Å². The van der Waals surface area contributed by atoms with Crippen LogP contribution in [-0.4, -0.2) is 54.5 Å². The number of morpholine rings is 1. The van der Waals surface area contributed by atoms with Crippen LogP contribution in [0.25, 0.3) is 10.2 Å². The van der Waals surface area contributed by atoms with Gasteiger partial charge in [-0.05, 0) is 29.8 Å². The molecule has 2 aromatic carbocycles. The number of nitrogens with zero attached hydrogens (tertiary/aromatic N) is 2. The standard InChI is InChI=1S/C21H22N4O3S/c26-19(13-22-20(27)16-4-2-1-3-5-16)24-21-23-17-7-6-15(12-18(17)29-21)14-25-8-10-28-11-9-25/h1-7,12H,8-11,13-14H2,(H,22,27)(H,23,24,26). The number of fused-ring (bicyclic) bond motifs is 1. The number of ether oxygens (including phenoxy) is 1. The molecule has 0 spiro atoms. The Morgan fingerprint density at radius 1 is 1.10 bits per heavy atom. The SMILES string of the molecule is O=C(CNC(=O)c1ccccc1)Nc1nc2ccc(CN3CCOCC3)cc2s1. The molecule has 4 rings (SSSR count). The lowest BCUT2D eigenvalue weighted by Crippen LogP contribution is -2.35. The zero-order valence-electron chi connectivity index (χ0n) is 15.9. The maximum absolute atomic E-state index is 12.2. The monoisotopic (exact) mass is 410 g/mol. The van der Waals surface area contributed by atoms with Crippen molar-refractivity contribution in [3.63, 3.8) is 0 Å². The predicted octanol–water partition coefficient (Wildman–Crippen LogP) is 2.50. The fourth-order valence-corrected chi connectivity index (χ4v) is 4.10. The van der Waals surface area contributed by atoms with Gasteiger partial charge in [0.15, 0.2) is 5.13 Å². The van der Waals surface area contributed by atoms with E-state index >= 15 is 0 Å².